The summed E-state index contributed by atoms with van der Waals surface area (Å²) in [7, 11) is 0. The molecule has 0 spiro atoms. The molecular formula is C32H54BrNO. The summed E-state index contributed by atoms with van der Waals surface area (Å²) in [6.45, 7) is 5.49. The highest BCUT2D eigenvalue weighted by molar-refractivity contribution is 9.10. The van der Waals surface area contributed by atoms with Crippen LogP contribution in [0.4, 0.5) is 5.69 Å². The van der Waals surface area contributed by atoms with Crippen molar-refractivity contribution in [3.05, 3.63) is 28.2 Å². The van der Waals surface area contributed by atoms with Gasteiger partial charge in [-0.2, -0.15) is 0 Å². The van der Waals surface area contributed by atoms with Crippen LogP contribution in [0.1, 0.15) is 148 Å². The molecule has 3 heteroatoms. The Labute approximate surface area is 226 Å². The van der Waals surface area contributed by atoms with E-state index >= 15 is 0 Å². The van der Waals surface area contributed by atoms with E-state index in [1.807, 2.05) is 0 Å². The van der Waals surface area contributed by atoms with Gasteiger partial charge in [0.2, 0.25) is 5.91 Å². The number of nitrogens with zero attached hydrogens (tertiary/aromatic N) is 1. The first-order valence-corrected chi connectivity index (χ1v) is 16.0. The van der Waals surface area contributed by atoms with Crippen LogP contribution in [0.2, 0.25) is 0 Å². The van der Waals surface area contributed by atoms with Gasteiger partial charge in [0.1, 0.15) is 0 Å². The van der Waals surface area contributed by atoms with Gasteiger partial charge in [0.25, 0.3) is 0 Å². The molecule has 2 nitrogen and oxygen atoms in total. The van der Waals surface area contributed by atoms with Crippen LogP contribution in [-0.4, -0.2) is 12.5 Å². The predicted molar refractivity (Wildman–Crippen MR) is 157 cm³/mol. The molecule has 1 amide bonds. The fourth-order valence-corrected chi connectivity index (χ4v) is 5.95. The summed E-state index contributed by atoms with van der Waals surface area (Å²) < 4.78 is 1.07. The Morgan fingerprint density at radius 2 is 1.17 bits per heavy atom. The fraction of sp³-hybridized carbons (Fsp3) is 0.781. The minimum absolute atomic E-state index is 0.294. The van der Waals surface area contributed by atoms with Crippen molar-refractivity contribution in [2.75, 3.05) is 11.4 Å². The van der Waals surface area contributed by atoms with Crippen molar-refractivity contribution in [2.24, 2.45) is 5.92 Å². The second-order valence-electron chi connectivity index (χ2n) is 11.1. The number of rotatable bonds is 22. The maximum atomic E-state index is 12.8. The Hall–Kier alpha value is -0.830. The van der Waals surface area contributed by atoms with Crippen LogP contribution in [0.15, 0.2) is 22.7 Å². The third kappa shape index (κ3) is 12.8. The lowest BCUT2D eigenvalue weighted by Crippen LogP contribution is -2.32. The molecule has 0 aliphatic carbocycles. The Balaban J connectivity index is 1.73. The lowest BCUT2D eigenvalue weighted by atomic mass is 9.93. The Morgan fingerprint density at radius 1 is 0.714 bits per heavy atom. The SMILES string of the molecule is CCCCCCCCCCCCC(CCCCCCCCCC)CN1C(=O)Cc2ccc(Br)cc21. The number of amides is 1. The van der Waals surface area contributed by atoms with Gasteiger partial charge in [-0.15, -0.1) is 0 Å². The second-order valence-corrected chi connectivity index (χ2v) is 12.0. The van der Waals surface area contributed by atoms with Crippen molar-refractivity contribution in [1.29, 1.82) is 0 Å². The summed E-state index contributed by atoms with van der Waals surface area (Å²) >= 11 is 3.61. The van der Waals surface area contributed by atoms with Gasteiger partial charge in [0.15, 0.2) is 0 Å². The van der Waals surface area contributed by atoms with Crippen molar-refractivity contribution in [3.8, 4) is 0 Å². The first-order chi connectivity index (χ1) is 17.2. The van der Waals surface area contributed by atoms with Crippen LogP contribution >= 0.6 is 15.9 Å². The molecule has 1 heterocycles. The van der Waals surface area contributed by atoms with E-state index in [4.69, 9.17) is 0 Å². The highest BCUT2D eigenvalue weighted by Gasteiger charge is 2.29. The minimum Gasteiger partial charge on any atom is -0.312 e. The van der Waals surface area contributed by atoms with Gasteiger partial charge in [0.05, 0.1) is 6.42 Å². The first kappa shape index (κ1) is 30.4. The predicted octanol–water partition coefficient (Wildman–Crippen LogP) is 10.8. The van der Waals surface area contributed by atoms with E-state index in [1.165, 1.54) is 134 Å². The van der Waals surface area contributed by atoms with Gasteiger partial charge in [0, 0.05) is 16.7 Å². The van der Waals surface area contributed by atoms with Crippen molar-refractivity contribution in [2.45, 2.75) is 149 Å². The summed E-state index contributed by atoms with van der Waals surface area (Å²) in [6.07, 6.45) is 28.0. The summed E-state index contributed by atoms with van der Waals surface area (Å²) in [5, 5.41) is 0. The molecule has 0 radical (unpaired) electrons. The van der Waals surface area contributed by atoms with Gasteiger partial charge in [-0.3, -0.25) is 4.79 Å². The maximum Gasteiger partial charge on any atom is 0.231 e. The van der Waals surface area contributed by atoms with Gasteiger partial charge in [-0.1, -0.05) is 151 Å². The number of hydrogen-bond acceptors (Lipinski definition) is 1. The summed E-state index contributed by atoms with van der Waals surface area (Å²) in [6, 6.07) is 6.33. The Kier molecular flexibility index (Phi) is 16.8. The zero-order chi connectivity index (χ0) is 25.1. The number of unbranched alkanes of at least 4 members (excludes halogenated alkanes) is 16. The summed E-state index contributed by atoms with van der Waals surface area (Å²) in [4.78, 5) is 14.9. The molecule has 0 saturated heterocycles. The molecule has 200 valence electrons. The molecule has 2 rings (SSSR count). The molecule has 1 atom stereocenters. The van der Waals surface area contributed by atoms with Crippen molar-refractivity contribution in [3.63, 3.8) is 0 Å². The zero-order valence-corrected chi connectivity index (χ0v) is 24.7. The third-order valence-corrected chi connectivity index (χ3v) is 8.35. The fourth-order valence-electron chi connectivity index (χ4n) is 5.60. The molecule has 35 heavy (non-hydrogen) atoms. The molecule has 0 fully saturated rings. The number of carbonyl (C=O) groups excluding carboxylic acids is 1. The second kappa shape index (κ2) is 19.3. The lowest BCUT2D eigenvalue weighted by Gasteiger charge is -2.25. The van der Waals surface area contributed by atoms with E-state index in [2.05, 4.69) is 52.9 Å². The van der Waals surface area contributed by atoms with Crippen molar-refractivity contribution < 1.29 is 4.79 Å². The monoisotopic (exact) mass is 547 g/mol. The minimum atomic E-state index is 0.294. The largest absolute Gasteiger partial charge is 0.312 e. The number of anilines is 1. The van der Waals surface area contributed by atoms with E-state index in [0.29, 0.717) is 18.2 Å². The Morgan fingerprint density at radius 3 is 1.66 bits per heavy atom. The smallest absolute Gasteiger partial charge is 0.231 e. The molecule has 0 N–H and O–H groups in total. The average Bonchev–Trinajstić information content (AvgIpc) is 3.15. The normalized spacial score (nSPS) is 14.0. The van der Waals surface area contributed by atoms with Gasteiger partial charge >= 0.3 is 0 Å². The molecule has 1 aromatic rings. The van der Waals surface area contributed by atoms with E-state index in [-0.39, 0.29) is 0 Å². The van der Waals surface area contributed by atoms with Crippen LogP contribution in [0.3, 0.4) is 0 Å². The van der Waals surface area contributed by atoms with E-state index in [1.54, 1.807) is 0 Å². The standard InChI is InChI=1S/C32H54BrNO/c1-3-5-7-9-11-13-14-16-18-20-22-28(21-19-17-15-12-10-8-6-4-2)27-34-31-26-30(33)24-23-29(31)25-32(34)35/h23-24,26,28H,3-22,25,27H2,1-2H3. The van der Waals surface area contributed by atoms with Crippen LogP contribution < -0.4 is 4.90 Å². The molecule has 1 aliphatic rings. The van der Waals surface area contributed by atoms with Crippen LogP contribution in [0.5, 0.6) is 0 Å². The van der Waals surface area contributed by atoms with Crippen molar-refractivity contribution >= 4 is 27.5 Å². The highest BCUT2D eigenvalue weighted by atomic mass is 79.9. The average molecular weight is 549 g/mol. The molecule has 0 bridgehead atoms. The molecule has 1 aliphatic heterocycles. The molecule has 0 saturated carbocycles. The van der Waals surface area contributed by atoms with Crippen LogP contribution in [0, 0.1) is 5.92 Å². The number of carbonyl (C=O) groups is 1. The lowest BCUT2D eigenvalue weighted by molar-refractivity contribution is -0.117. The van der Waals surface area contributed by atoms with Gasteiger partial charge in [-0.25, -0.2) is 0 Å². The third-order valence-electron chi connectivity index (χ3n) is 7.85. The number of hydrogen-bond donors (Lipinski definition) is 0. The summed E-state index contributed by atoms with van der Waals surface area (Å²) in [5.41, 5.74) is 2.34. The summed E-state index contributed by atoms with van der Waals surface area (Å²) in [5.74, 6) is 0.931. The number of halogens is 1. The molecule has 1 aromatic carbocycles. The van der Waals surface area contributed by atoms with Gasteiger partial charge < -0.3 is 4.90 Å². The Bertz CT molecular complexity index is 688. The number of benzene rings is 1. The maximum absolute atomic E-state index is 12.8. The number of fused-ring (bicyclic) bond motifs is 1. The first-order valence-electron chi connectivity index (χ1n) is 15.2. The van der Waals surface area contributed by atoms with E-state index in [9.17, 15) is 4.79 Å². The quantitative estimate of drug-likeness (QED) is 0.132. The topological polar surface area (TPSA) is 20.3 Å². The van der Waals surface area contributed by atoms with E-state index < -0.39 is 0 Å². The molecular weight excluding hydrogens is 494 g/mol. The van der Waals surface area contributed by atoms with E-state index in [0.717, 1.165) is 16.7 Å². The highest BCUT2D eigenvalue weighted by Crippen LogP contribution is 2.33. The molecule has 1 unspecified atom stereocenters. The van der Waals surface area contributed by atoms with Gasteiger partial charge in [-0.05, 0) is 36.5 Å². The van der Waals surface area contributed by atoms with Crippen LogP contribution in [-0.2, 0) is 11.2 Å². The molecule has 0 aromatic heterocycles. The van der Waals surface area contributed by atoms with Crippen molar-refractivity contribution in [1.82, 2.24) is 0 Å². The van der Waals surface area contributed by atoms with Crippen LogP contribution in [0.25, 0.3) is 0 Å². The zero-order valence-electron chi connectivity index (χ0n) is 23.1.